The number of carbonyl (C=O) groups is 1. The monoisotopic (exact) mass is 147 g/mol. The number of amides is 1. The molecule has 0 N–H and O–H groups in total. The van der Waals surface area contributed by atoms with Crippen molar-refractivity contribution >= 4 is 22.1 Å². The van der Waals surface area contributed by atoms with Crippen molar-refractivity contribution in [3.05, 3.63) is 12.3 Å². The Kier molecular flexibility index (Phi) is 0.696. The van der Waals surface area contributed by atoms with Gasteiger partial charge in [-0.1, -0.05) is 0 Å². The highest BCUT2D eigenvalue weighted by Crippen LogP contribution is 2.08. The van der Waals surface area contributed by atoms with Gasteiger partial charge in [0, 0.05) is 12.3 Å². The van der Waals surface area contributed by atoms with E-state index in [1.807, 2.05) is 0 Å². The lowest BCUT2D eigenvalue weighted by atomic mass is 10.4. The first-order valence-corrected chi connectivity index (χ1v) is 2.19. The van der Waals surface area contributed by atoms with Gasteiger partial charge in [-0.2, -0.15) is 0 Å². The fourth-order valence-corrected chi connectivity index (χ4v) is 0.428. The van der Waals surface area contributed by atoms with E-state index < -0.39 is 0 Å². The molecule has 1 aliphatic heterocycles. The first kappa shape index (κ1) is 3.87. The van der Waals surface area contributed by atoms with E-state index in [0.717, 1.165) is 0 Å². The van der Waals surface area contributed by atoms with Crippen molar-refractivity contribution in [2.24, 2.45) is 0 Å². The predicted octanol–water partition coefficient (Wildman–Crippen LogP) is 0.652. The van der Waals surface area contributed by atoms with Gasteiger partial charge in [0.05, 0.1) is 16.1 Å². The molecule has 32 valence electrons. The van der Waals surface area contributed by atoms with Crippen molar-refractivity contribution in [2.75, 3.05) is 0 Å². The summed E-state index contributed by atoms with van der Waals surface area (Å²) in [7, 11) is 0. The highest BCUT2D eigenvalue weighted by molar-refractivity contribution is 9.07. The van der Waals surface area contributed by atoms with Gasteiger partial charge in [-0.15, -0.1) is 0 Å². The minimum Gasteiger partial charge on any atom is -0.268 e. The summed E-state index contributed by atoms with van der Waals surface area (Å²) in [6, 6.07) is 0. The molecule has 6 heavy (non-hydrogen) atoms. The molecule has 2 nitrogen and oxygen atoms in total. The first-order valence-electron chi connectivity index (χ1n) is 1.48. The topological polar surface area (TPSA) is 20.3 Å². The molecule has 3 heteroatoms. The third-order valence-corrected chi connectivity index (χ3v) is 1.14. The van der Waals surface area contributed by atoms with Crippen LogP contribution in [0.15, 0.2) is 12.3 Å². The Labute approximate surface area is 43.8 Å². The summed E-state index contributed by atoms with van der Waals surface area (Å²) >= 11 is 2.92. The van der Waals surface area contributed by atoms with Crippen molar-refractivity contribution in [1.29, 1.82) is 0 Å². The summed E-state index contributed by atoms with van der Waals surface area (Å²) in [5.74, 6) is 0.00926. The highest BCUT2D eigenvalue weighted by atomic mass is 79.9. The van der Waals surface area contributed by atoms with Crippen LogP contribution in [0.5, 0.6) is 0 Å². The normalized spacial score (nSPS) is 18.2. The van der Waals surface area contributed by atoms with Crippen molar-refractivity contribution in [3.8, 4) is 0 Å². The fraction of sp³-hybridized carbons (Fsp3) is 0. The van der Waals surface area contributed by atoms with Crippen LogP contribution >= 0.6 is 16.1 Å². The van der Waals surface area contributed by atoms with Crippen LogP contribution in [0.2, 0.25) is 0 Å². The Morgan fingerprint density at radius 2 is 2.33 bits per heavy atom. The van der Waals surface area contributed by atoms with Crippen LogP contribution < -0.4 is 0 Å². The van der Waals surface area contributed by atoms with E-state index in [2.05, 4.69) is 16.1 Å². The van der Waals surface area contributed by atoms with Crippen LogP contribution in [-0.4, -0.2) is 9.83 Å². The summed E-state index contributed by atoms with van der Waals surface area (Å²) < 4.78 is 1.34. The van der Waals surface area contributed by atoms with Gasteiger partial charge in [0.2, 0.25) is 0 Å². The number of hydrogen-bond acceptors (Lipinski definition) is 1. The standard InChI is InChI=1S/C3H2BrNO/c4-5-2-1-3(5)6/h1-2H. The molecule has 0 saturated carbocycles. The zero-order valence-electron chi connectivity index (χ0n) is 2.89. The van der Waals surface area contributed by atoms with Gasteiger partial charge < -0.3 is 0 Å². The van der Waals surface area contributed by atoms with Gasteiger partial charge >= 0.3 is 0 Å². The summed E-state index contributed by atoms with van der Waals surface area (Å²) in [5.41, 5.74) is 0. The number of hydrogen-bond donors (Lipinski definition) is 0. The molecule has 0 aliphatic carbocycles. The third kappa shape index (κ3) is 0.354. The minimum absolute atomic E-state index is 0.00926. The summed E-state index contributed by atoms with van der Waals surface area (Å²) in [4.78, 5) is 10.0. The maximum Gasteiger partial charge on any atom is 0.262 e. The first-order chi connectivity index (χ1) is 2.80. The SMILES string of the molecule is O=C1C=CN1Br. The maximum atomic E-state index is 10.0. The Bertz CT molecular complexity index is 109. The fourth-order valence-electron chi connectivity index (χ4n) is 0.192. The molecule has 1 aliphatic rings. The van der Waals surface area contributed by atoms with Crippen molar-refractivity contribution in [2.45, 2.75) is 0 Å². The van der Waals surface area contributed by atoms with Crippen LogP contribution in [0.3, 0.4) is 0 Å². The summed E-state index contributed by atoms with van der Waals surface area (Å²) in [6.07, 6.45) is 3.12. The lowest BCUT2D eigenvalue weighted by Gasteiger charge is -2.11. The van der Waals surface area contributed by atoms with Gasteiger partial charge in [0.25, 0.3) is 5.91 Å². The summed E-state index contributed by atoms with van der Waals surface area (Å²) in [6.45, 7) is 0. The van der Waals surface area contributed by atoms with Crippen molar-refractivity contribution in [3.63, 3.8) is 0 Å². The summed E-state index contributed by atoms with van der Waals surface area (Å²) in [5, 5.41) is 0. The highest BCUT2D eigenvalue weighted by Gasteiger charge is 2.10. The Hall–Kier alpha value is -0.310. The second-order valence-electron chi connectivity index (χ2n) is 0.965. The molecule has 0 unspecified atom stereocenters. The van der Waals surface area contributed by atoms with Crippen LogP contribution in [-0.2, 0) is 4.79 Å². The van der Waals surface area contributed by atoms with E-state index in [0.29, 0.717) is 0 Å². The van der Waals surface area contributed by atoms with Crippen LogP contribution in [0, 0.1) is 0 Å². The second-order valence-corrected chi connectivity index (χ2v) is 1.73. The number of carbonyl (C=O) groups excluding carboxylic acids is 1. The van der Waals surface area contributed by atoms with E-state index in [4.69, 9.17) is 0 Å². The number of halogens is 1. The molecule has 0 spiro atoms. The average molecular weight is 148 g/mol. The van der Waals surface area contributed by atoms with Gasteiger partial charge in [-0.05, 0) is 0 Å². The Balaban J connectivity index is 2.67. The molecule has 1 heterocycles. The van der Waals surface area contributed by atoms with E-state index in [1.54, 1.807) is 6.20 Å². The predicted molar refractivity (Wildman–Crippen MR) is 24.9 cm³/mol. The number of nitrogens with zero attached hydrogens (tertiary/aromatic N) is 1. The van der Waals surface area contributed by atoms with E-state index in [-0.39, 0.29) is 5.91 Å². The second kappa shape index (κ2) is 1.08. The molecule has 0 bridgehead atoms. The van der Waals surface area contributed by atoms with Crippen LogP contribution in [0.25, 0.3) is 0 Å². The Morgan fingerprint density at radius 3 is 2.33 bits per heavy atom. The molecule has 0 aromatic carbocycles. The average Bonchev–Trinajstić information content (AvgIpc) is 1.61. The molecule has 0 atom stereocenters. The van der Waals surface area contributed by atoms with Gasteiger partial charge in [0.1, 0.15) is 0 Å². The zero-order valence-corrected chi connectivity index (χ0v) is 4.47. The molecular formula is C3H2BrNO. The third-order valence-electron chi connectivity index (χ3n) is 0.559. The van der Waals surface area contributed by atoms with Gasteiger partial charge in [-0.3, -0.25) is 4.79 Å². The van der Waals surface area contributed by atoms with Gasteiger partial charge in [-0.25, -0.2) is 3.93 Å². The number of rotatable bonds is 0. The molecule has 1 amide bonds. The molecule has 0 aromatic heterocycles. The lowest BCUT2D eigenvalue weighted by Crippen LogP contribution is -2.19. The molecule has 1 rings (SSSR count). The van der Waals surface area contributed by atoms with Crippen molar-refractivity contribution in [1.82, 2.24) is 3.93 Å². The molecule has 0 aromatic rings. The smallest absolute Gasteiger partial charge is 0.262 e. The largest absolute Gasteiger partial charge is 0.268 e. The zero-order chi connectivity index (χ0) is 4.57. The lowest BCUT2D eigenvalue weighted by molar-refractivity contribution is -0.121. The Morgan fingerprint density at radius 1 is 1.83 bits per heavy atom. The molecular weight excluding hydrogens is 146 g/mol. The van der Waals surface area contributed by atoms with E-state index in [1.165, 1.54) is 10.0 Å². The van der Waals surface area contributed by atoms with Gasteiger partial charge in [0.15, 0.2) is 0 Å². The van der Waals surface area contributed by atoms with Crippen LogP contribution in [0.1, 0.15) is 0 Å². The molecule has 0 fully saturated rings. The minimum atomic E-state index is 0.00926. The molecule has 0 radical (unpaired) electrons. The maximum absolute atomic E-state index is 10.0. The van der Waals surface area contributed by atoms with E-state index in [9.17, 15) is 4.79 Å². The van der Waals surface area contributed by atoms with Crippen LogP contribution in [0.4, 0.5) is 0 Å². The van der Waals surface area contributed by atoms with E-state index >= 15 is 0 Å². The van der Waals surface area contributed by atoms with Crippen molar-refractivity contribution < 1.29 is 4.79 Å². The quantitative estimate of drug-likeness (QED) is 0.462. The molecule has 0 saturated heterocycles.